The minimum atomic E-state index is -0.967. The number of carbonyl (C=O) groups excluding carboxylic acids is 1. The summed E-state index contributed by atoms with van der Waals surface area (Å²) in [5.74, 6) is -2.48. The molecule has 0 saturated heterocycles. The van der Waals surface area contributed by atoms with Crippen molar-refractivity contribution in [2.24, 2.45) is 11.8 Å². The van der Waals surface area contributed by atoms with Crippen LogP contribution in [0.3, 0.4) is 0 Å². The maximum absolute atomic E-state index is 11.6. The van der Waals surface area contributed by atoms with Gasteiger partial charge in [-0.05, 0) is 0 Å². The van der Waals surface area contributed by atoms with E-state index in [4.69, 9.17) is 5.11 Å². The molecular formula is C10H15N3O3. The van der Waals surface area contributed by atoms with E-state index in [1.165, 1.54) is 6.92 Å². The van der Waals surface area contributed by atoms with Gasteiger partial charge in [0.25, 0.3) is 0 Å². The van der Waals surface area contributed by atoms with Gasteiger partial charge >= 0.3 is 5.97 Å². The summed E-state index contributed by atoms with van der Waals surface area (Å²) in [6, 6.07) is 0. The maximum atomic E-state index is 11.6. The fraction of sp³-hybridized carbons (Fsp3) is 0.500. The van der Waals surface area contributed by atoms with E-state index in [0.717, 1.165) is 5.56 Å². The highest BCUT2D eigenvalue weighted by Gasteiger charge is 2.25. The first-order valence-corrected chi connectivity index (χ1v) is 5.00. The number of nitrogens with zero attached hydrogens (tertiary/aromatic N) is 1. The lowest BCUT2D eigenvalue weighted by atomic mass is 9.95. The van der Waals surface area contributed by atoms with E-state index in [1.807, 2.05) is 0 Å². The van der Waals surface area contributed by atoms with Crippen LogP contribution < -0.4 is 5.32 Å². The van der Waals surface area contributed by atoms with Gasteiger partial charge in [-0.1, -0.05) is 13.8 Å². The van der Waals surface area contributed by atoms with E-state index in [9.17, 15) is 9.59 Å². The summed E-state index contributed by atoms with van der Waals surface area (Å²) in [6.45, 7) is 3.47. The van der Waals surface area contributed by atoms with Crippen molar-refractivity contribution < 1.29 is 14.7 Å². The van der Waals surface area contributed by atoms with E-state index in [0.29, 0.717) is 6.54 Å². The van der Waals surface area contributed by atoms with Gasteiger partial charge in [-0.2, -0.15) is 5.10 Å². The number of aromatic nitrogens is 2. The number of carboxylic acids is 1. The lowest BCUT2D eigenvalue weighted by Gasteiger charge is -2.15. The minimum absolute atomic E-state index is 0.267. The molecule has 0 bridgehead atoms. The normalized spacial score (nSPS) is 14.1. The third-order valence-electron chi connectivity index (χ3n) is 2.57. The summed E-state index contributed by atoms with van der Waals surface area (Å²) in [7, 11) is 0. The number of nitrogens with one attached hydrogen (secondary N) is 2. The minimum Gasteiger partial charge on any atom is -0.481 e. The number of H-pyrrole nitrogens is 1. The van der Waals surface area contributed by atoms with Gasteiger partial charge in [0.15, 0.2) is 0 Å². The van der Waals surface area contributed by atoms with Crippen LogP contribution in [0.15, 0.2) is 12.4 Å². The van der Waals surface area contributed by atoms with Crippen LogP contribution in [-0.4, -0.2) is 27.2 Å². The van der Waals surface area contributed by atoms with Crippen LogP contribution in [-0.2, 0) is 16.1 Å². The number of hydrogen-bond acceptors (Lipinski definition) is 3. The summed E-state index contributed by atoms with van der Waals surface area (Å²) in [5, 5.41) is 17.8. The molecule has 16 heavy (non-hydrogen) atoms. The van der Waals surface area contributed by atoms with E-state index in [2.05, 4.69) is 15.5 Å². The summed E-state index contributed by atoms with van der Waals surface area (Å²) >= 11 is 0. The highest BCUT2D eigenvalue weighted by Crippen LogP contribution is 2.11. The lowest BCUT2D eigenvalue weighted by Crippen LogP contribution is -2.34. The SMILES string of the molecule is CC(C(=O)O)C(C)C(=O)NCc1cn[nH]c1. The van der Waals surface area contributed by atoms with Crippen LogP contribution in [0.5, 0.6) is 0 Å². The molecule has 2 unspecified atom stereocenters. The molecule has 1 amide bonds. The number of aliphatic carboxylic acids is 1. The predicted molar refractivity (Wildman–Crippen MR) is 56.4 cm³/mol. The average Bonchev–Trinajstić information content (AvgIpc) is 2.76. The second kappa shape index (κ2) is 5.29. The van der Waals surface area contributed by atoms with Gasteiger partial charge in [0.1, 0.15) is 0 Å². The second-order valence-corrected chi connectivity index (χ2v) is 3.74. The van der Waals surface area contributed by atoms with Crippen LogP contribution in [0.2, 0.25) is 0 Å². The first kappa shape index (κ1) is 12.2. The Kier molecular flexibility index (Phi) is 4.04. The molecule has 3 N–H and O–H groups in total. The van der Waals surface area contributed by atoms with E-state index >= 15 is 0 Å². The number of hydrogen-bond donors (Lipinski definition) is 3. The molecule has 1 rings (SSSR count). The topological polar surface area (TPSA) is 95.1 Å². The molecule has 0 aliphatic carbocycles. The smallest absolute Gasteiger partial charge is 0.307 e. The molecule has 0 radical (unpaired) electrons. The van der Waals surface area contributed by atoms with Gasteiger partial charge in [0, 0.05) is 24.2 Å². The third kappa shape index (κ3) is 3.08. The Morgan fingerprint density at radius 3 is 2.69 bits per heavy atom. The Morgan fingerprint density at radius 2 is 2.19 bits per heavy atom. The van der Waals surface area contributed by atoms with Gasteiger partial charge < -0.3 is 10.4 Å². The Morgan fingerprint density at radius 1 is 1.50 bits per heavy atom. The Bertz CT molecular complexity index is 361. The fourth-order valence-electron chi connectivity index (χ4n) is 1.17. The molecule has 0 fully saturated rings. The molecular weight excluding hydrogens is 210 g/mol. The number of carboxylic acid groups (broad SMARTS) is 1. The predicted octanol–water partition coefficient (Wildman–Crippen LogP) is 0.383. The average molecular weight is 225 g/mol. The molecule has 0 aliphatic rings. The number of amides is 1. The Balaban J connectivity index is 2.43. The second-order valence-electron chi connectivity index (χ2n) is 3.74. The van der Waals surface area contributed by atoms with E-state index in [-0.39, 0.29) is 5.91 Å². The molecule has 2 atom stereocenters. The fourth-order valence-corrected chi connectivity index (χ4v) is 1.17. The zero-order chi connectivity index (χ0) is 12.1. The van der Waals surface area contributed by atoms with Gasteiger partial charge in [0.2, 0.25) is 5.91 Å². The molecule has 88 valence electrons. The van der Waals surface area contributed by atoms with Crippen molar-refractivity contribution in [1.82, 2.24) is 15.5 Å². The van der Waals surface area contributed by atoms with Crippen molar-refractivity contribution in [3.8, 4) is 0 Å². The number of rotatable bonds is 5. The van der Waals surface area contributed by atoms with Gasteiger partial charge in [-0.25, -0.2) is 0 Å². The van der Waals surface area contributed by atoms with Gasteiger partial charge in [-0.15, -0.1) is 0 Å². The summed E-state index contributed by atoms with van der Waals surface area (Å²) in [4.78, 5) is 22.3. The van der Waals surface area contributed by atoms with Crippen LogP contribution in [0.1, 0.15) is 19.4 Å². The van der Waals surface area contributed by atoms with Crippen molar-refractivity contribution >= 4 is 11.9 Å². The zero-order valence-corrected chi connectivity index (χ0v) is 9.23. The monoisotopic (exact) mass is 225 g/mol. The Hall–Kier alpha value is -1.85. The van der Waals surface area contributed by atoms with Crippen LogP contribution in [0, 0.1) is 11.8 Å². The maximum Gasteiger partial charge on any atom is 0.307 e. The lowest BCUT2D eigenvalue weighted by molar-refractivity contribution is -0.146. The standard InChI is InChI=1S/C10H15N3O3/c1-6(7(2)10(15)16)9(14)11-3-8-4-12-13-5-8/h4-7H,3H2,1-2H3,(H,11,14)(H,12,13)(H,15,16). The third-order valence-corrected chi connectivity index (χ3v) is 2.57. The van der Waals surface area contributed by atoms with Crippen molar-refractivity contribution in [1.29, 1.82) is 0 Å². The zero-order valence-electron chi connectivity index (χ0n) is 9.23. The van der Waals surface area contributed by atoms with E-state index in [1.54, 1.807) is 19.3 Å². The number of aromatic amines is 1. The first-order valence-electron chi connectivity index (χ1n) is 5.00. The summed E-state index contributed by atoms with van der Waals surface area (Å²) in [6.07, 6.45) is 3.27. The van der Waals surface area contributed by atoms with Crippen molar-refractivity contribution in [2.75, 3.05) is 0 Å². The molecule has 0 aromatic carbocycles. The molecule has 1 aromatic heterocycles. The quantitative estimate of drug-likeness (QED) is 0.675. The molecule has 0 saturated carbocycles. The molecule has 1 heterocycles. The van der Waals surface area contributed by atoms with Gasteiger partial charge in [-0.3, -0.25) is 14.7 Å². The van der Waals surface area contributed by atoms with E-state index < -0.39 is 17.8 Å². The van der Waals surface area contributed by atoms with Crippen molar-refractivity contribution in [3.63, 3.8) is 0 Å². The number of carbonyl (C=O) groups is 2. The molecule has 1 aromatic rings. The van der Waals surface area contributed by atoms with Crippen LogP contribution in [0.4, 0.5) is 0 Å². The largest absolute Gasteiger partial charge is 0.481 e. The molecule has 6 heteroatoms. The van der Waals surface area contributed by atoms with Crippen molar-refractivity contribution in [3.05, 3.63) is 18.0 Å². The molecule has 0 spiro atoms. The first-order chi connectivity index (χ1) is 7.52. The highest BCUT2D eigenvalue weighted by molar-refractivity contribution is 5.84. The van der Waals surface area contributed by atoms with Crippen molar-refractivity contribution in [2.45, 2.75) is 20.4 Å². The highest BCUT2D eigenvalue weighted by atomic mass is 16.4. The Labute approximate surface area is 93.1 Å². The van der Waals surface area contributed by atoms with Crippen LogP contribution in [0.25, 0.3) is 0 Å². The molecule has 6 nitrogen and oxygen atoms in total. The summed E-state index contributed by atoms with van der Waals surface area (Å²) in [5.41, 5.74) is 0.850. The van der Waals surface area contributed by atoms with Gasteiger partial charge in [0.05, 0.1) is 12.1 Å². The summed E-state index contributed by atoms with van der Waals surface area (Å²) < 4.78 is 0. The molecule has 0 aliphatic heterocycles. The van der Waals surface area contributed by atoms with Crippen LogP contribution >= 0.6 is 0 Å².